The first-order chi connectivity index (χ1) is 10.3. The third kappa shape index (κ3) is 3.43. The Balaban J connectivity index is 2.03. The Labute approximate surface area is 139 Å². The predicted molar refractivity (Wildman–Crippen MR) is 93.0 cm³/mol. The Morgan fingerprint density at radius 3 is 2.38 bits per heavy atom. The molecule has 1 aromatic heterocycles. The van der Waals surface area contributed by atoms with Crippen molar-refractivity contribution in [2.24, 2.45) is 0 Å². The Bertz CT molecular complexity index is 658. The molecule has 0 atom stereocenters. The standard InChI is InChI=1S/C17H19BrN2S/c18-14-15(12-8-6-3-7-9-12)19-16(20-17(14)21)13-10-4-1-2-5-11-13/h3,6-9,13H,1-2,4-5,10-11H2,(H,19,20,21). The number of hydrogen-bond acceptors (Lipinski definition) is 2. The summed E-state index contributed by atoms with van der Waals surface area (Å²) in [5.41, 5.74) is 2.20. The van der Waals surface area contributed by atoms with Gasteiger partial charge in [0.25, 0.3) is 0 Å². The Morgan fingerprint density at radius 2 is 1.71 bits per heavy atom. The lowest BCUT2D eigenvalue weighted by Gasteiger charge is -2.16. The fraction of sp³-hybridized carbons (Fsp3) is 0.412. The first-order valence-corrected chi connectivity index (χ1v) is 8.81. The van der Waals surface area contributed by atoms with E-state index in [9.17, 15) is 0 Å². The molecule has 0 unspecified atom stereocenters. The monoisotopic (exact) mass is 362 g/mol. The van der Waals surface area contributed by atoms with Gasteiger partial charge in [-0.3, -0.25) is 0 Å². The highest BCUT2D eigenvalue weighted by Gasteiger charge is 2.18. The minimum atomic E-state index is 0.518. The summed E-state index contributed by atoms with van der Waals surface area (Å²) >= 11 is 9.05. The van der Waals surface area contributed by atoms with Gasteiger partial charge in [0.1, 0.15) is 10.5 Å². The Hall–Kier alpha value is -1.00. The molecule has 0 saturated heterocycles. The summed E-state index contributed by atoms with van der Waals surface area (Å²) in [6.07, 6.45) is 7.72. The summed E-state index contributed by atoms with van der Waals surface area (Å²) in [6.45, 7) is 0. The van der Waals surface area contributed by atoms with Crippen molar-refractivity contribution in [3.8, 4) is 11.3 Å². The molecule has 4 heteroatoms. The van der Waals surface area contributed by atoms with Crippen molar-refractivity contribution in [3.05, 3.63) is 45.3 Å². The molecule has 0 aliphatic heterocycles. The number of nitrogens with zero attached hydrogens (tertiary/aromatic N) is 1. The van der Waals surface area contributed by atoms with E-state index in [2.05, 4.69) is 38.0 Å². The van der Waals surface area contributed by atoms with E-state index in [0.717, 1.165) is 21.6 Å². The fourth-order valence-corrected chi connectivity index (χ4v) is 3.64. The molecule has 1 fully saturated rings. The van der Waals surface area contributed by atoms with Gasteiger partial charge in [-0.15, -0.1) is 0 Å². The maximum atomic E-state index is 5.45. The molecule has 0 radical (unpaired) electrons. The summed E-state index contributed by atoms with van der Waals surface area (Å²) in [5, 5.41) is 0. The second-order valence-electron chi connectivity index (χ2n) is 5.67. The number of benzene rings is 1. The molecule has 1 aliphatic carbocycles. The van der Waals surface area contributed by atoms with Crippen molar-refractivity contribution in [3.63, 3.8) is 0 Å². The highest BCUT2D eigenvalue weighted by atomic mass is 79.9. The molecule has 1 N–H and O–H groups in total. The molecule has 3 rings (SSSR count). The SMILES string of the molecule is S=c1nc(C2CCCCCC2)[nH]c(-c2ccccc2)c1Br. The maximum absolute atomic E-state index is 5.45. The Kier molecular flexibility index (Phi) is 4.86. The van der Waals surface area contributed by atoms with Crippen LogP contribution in [-0.4, -0.2) is 9.97 Å². The number of hydrogen-bond donors (Lipinski definition) is 1. The van der Waals surface area contributed by atoms with Gasteiger partial charge >= 0.3 is 0 Å². The maximum Gasteiger partial charge on any atom is 0.144 e. The largest absolute Gasteiger partial charge is 0.342 e. The zero-order valence-electron chi connectivity index (χ0n) is 11.9. The van der Waals surface area contributed by atoms with Crippen LogP contribution >= 0.6 is 28.1 Å². The zero-order chi connectivity index (χ0) is 14.7. The number of halogens is 1. The van der Waals surface area contributed by atoms with Gasteiger partial charge in [-0.1, -0.05) is 68.2 Å². The Morgan fingerprint density at radius 1 is 1.05 bits per heavy atom. The molecular weight excluding hydrogens is 344 g/mol. The summed E-state index contributed by atoms with van der Waals surface area (Å²) in [7, 11) is 0. The number of aromatic nitrogens is 2. The van der Waals surface area contributed by atoms with Gasteiger partial charge in [0.15, 0.2) is 0 Å². The van der Waals surface area contributed by atoms with Crippen molar-refractivity contribution >= 4 is 28.1 Å². The van der Waals surface area contributed by atoms with Gasteiger partial charge in [-0.05, 0) is 34.3 Å². The number of rotatable bonds is 2. The third-order valence-corrected chi connectivity index (χ3v) is 5.52. The van der Waals surface area contributed by atoms with Gasteiger partial charge in [0.05, 0.1) is 10.2 Å². The van der Waals surface area contributed by atoms with Crippen molar-refractivity contribution in [1.82, 2.24) is 9.97 Å². The van der Waals surface area contributed by atoms with E-state index in [1.54, 1.807) is 0 Å². The molecule has 0 spiro atoms. The van der Waals surface area contributed by atoms with Crippen molar-refractivity contribution in [2.75, 3.05) is 0 Å². The second-order valence-corrected chi connectivity index (χ2v) is 6.85. The summed E-state index contributed by atoms with van der Waals surface area (Å²) in [4.78, 5) is 8.18. The molecule has 0 amide bonds. The zero-order valence-corrected chi connectivity index (χ0v) is 14.3. The van der Waals surface area contributed by atoms with Crippen LogP contribution < -0.4 is 0 Å². The molecule has 1 aromatic carbocycles. The highest BCUT2D eigenvalue weighted by Crippen LogP contribution is 2.33. The van der Waals surface area contributed by atoms with E-state index in [0.29, 0.717) is 10.6 Å². The fourth-order valence-electron chi connectivity index (χ4n) is 3.03. The van der Waals surface area contributed by atoms with Gasteiger partial charge in [-0.2, -0.15) is 0 Å². The highest BCUT2D eigenvalue weighted by molar-refractivity contribution is 9.10. The first-order valence-electron chi connectivity index (χ1n) is 7.61. The van der Waals surface area contributed by atoms with Gasteiger partial charge in [0, 0.05) is 5.92 Å². The second kappa shape index (κ2) is 6.84. The lowest BCUT2D eigenvalue weighted by atomic mass is 9.99. The summed E-state index contributed by atoms with van der Waals surface area (Å²) in [5.74, 6) is 1.58. The molecule has 0 bridgehead atoms. The minimum Gasteiger partial charge on any atom is -0.342 e. The molecule has 1 aliphatic rings. The van der Waals surface area contributed by atoms with Gasteiger partial charge in [-0.25, -0.2) is 4.98 Å². The number of nitrogens with one attached hydrogen (secondary N) is 1. The topological polar surface area (TPSA) is 28.7 Å². The lowest BCUT2D eigenvalue weighted by Crippen LogP contribution is -2.06. The normalized spacial score (nSPS) is 16.6. The van der Waals surface area contributed by atoms with Crippen LogP contribution in [-0.2, 0) is 0 Å². The summed E-state index contributed by atoms with van der Waals surface area (Å²) in [6, 6.07) is 10.3. The lowest BCUT2D eigenvalue weighted by molar-refractivity contribution is 0.560. The van der Waals surface area contributed by atoms with Crippen LogP contribution in [0, 0.1) is 4.64 Å². The first kappa shape index (κ1) is 14.9. The molecule has 2 aromatic rings. The van der Waals surface area contributed by atoms with E-state index in [4.69, 9.17) is 12.2 Å². The van der Waals surface area contributed by atoms with Crippen LogP contribution in [0.15, 0.2) is 34.8 Å². The predicted octanol–water partition coefficient (Wildman–Crippen LogP) is 6.01. The van der Waals surface area contributed by atoms with Crippen molar-refractivity contribution in [2.45, 2.75) is 44.4 Å². The van der Waals surface area contributed by atoms with E-state index in [1.807, 2.05) is 18.2 Å². The number of H-pyrrole nitrogens is 1. The van der Waals surface area contributed by atoms with Gasteiger partial charge < -0.3 is 4.98 Å². The van der Waals surface area contributed by atoms with E-state index >= 15 is 0 Å². The smallest absolute Gasteiger partial charge is 0.144 e. The molecule has 2 nitrogen and oxygen atoms in total. The van der Waals surface area contributed by atoms with Crippen LogP contribution in [0.2, 0.25) is 0 Å². The van der Waals surface area contributed by atoms with Crippen LogP contribution in [0.25, 0.3) is 11.3 Å². The van der Waals surface area contributed by atoms with Crippen LogP contribution in [0.1, 0.15) is 50.3 Å². The molecular formula is C17H19BrN2S. The van der Waals surface area contributed by atoms with E-state index in [-0.39, 0.29) is 0 Å². The minimum absolute atomic E-state index is 0.518. The van der Waals surface area contributed by atoms with Crippen molar-refractivity contribution in [1.29, 1.82) is 0 Å². The quantitative estimate of drug-likeness (QED) is 0.523. The average Bonchev–Trinajstić information content (AvgIpc) is 2.80. The molecule has 110 valence electrons. The average molecular weight is 363 g/mol. The number of aromatic amines is 1. The van der Waals surface area contributed by atoms with Crippen molar-refractivity contribution < 1.29 is 0 Å². The third-order valence-electron chi connectivity index (χ3n) is 4.19. The van der Waals surface area contributed by atoms with Crippen LogP contribution in [0.4, 0.5) is 0 Å². The summed E-state index contributed by atoms with van der Waals surface area (Å²) < 4.78 is 1.55. The van der Waals surface area contributed by atoms with Gasteiger partial charge in [0.2, 0.25) is 0 Å². The molecule has 1 heterocycles. The van der Waals surface area contributed by atoms with E-state index < -0.39 is 0 Å². The van der Waals surface area contributed by atoms with Crippen LogP contribution in [0.5, 0.6) is 0 Å². The van der Waals surface area contributed by atoms with Crippen LogP contribution in [0.3, 0.4) is 0 Å². The molecule has 1 saturated carbocycles. The molecule has 21 heavy (non-hydrogen) atoms. The van der Waals surface area contributed by atoms with E-state index in [1.165, 1.54) is 38.5 Å².